The van der Waals surface area contributed by atoms with Crippen molar-refractivity contribution in [3.63, 3.8) is 0 Å². The third-order valence-electron chi connectivity index (χ3n) is 3.53. The molecule has 1 heterocycles. The van der Waals surface area contributed by atoms with Gasteiger partial charge in [-0.25, -0.2) is 9.69 Å². The van der Waals surface area contributed by atoms with E-state index in [2.05, 4.69) is 5.32 Å². The molecule has 0 radical (unpaired) electrons. The minimum atomic E-state index is -0.981. The quantitative estimate of drug-likeness (QED) is 0.604. The van der Waals surface area contributed by atoms with Crippen LogP contribution in [0.15, 0.2) is 24.3 Å². The summed E-state index contributed by atoms with van der Waals surface area (Å²) < 4.78 is 5.09. The Morgan fingerprint density at radius 2 is 1.92 bits per heavy atom. The molecule has 0 bridgehead atoms. The van der Waals surface area contributed by atoms with E-state index in [4.69, 9.17) is 4.74 Å². The highest BCUT2D eigenvalue weighted by molar-refractivity contribution is 6.45. The third-order valence-corrected chi connectivity index (χ3v) is 3.53. The Bertz CT molecular complexity index is 686. The Kier molecular flexibility index (Phi) is 5.18. The molecule has 0 unspecified atom stereocenters. The molecule has 1 aliphatic heterocycles. The van der Waals surface area contributed by atoms with Gasteiger partial charge >= 0.3 is 17.8 Å². The third kappa shape index (κ3) is 3.53. The SMILES string of the molecule is COc1cccc(CNC(=O)CN2C(=O)C(=O)N(C(C)C)C2=O)c1. The molecular weight excluding hydrogens is 314 g/mol. The van der Waals surface area contributed by atoms with E-state index in [1.54, 1.807) is 45.2 Å². The second-order valence-corrected chi connectivity index (χ2v) is 5.57. The van der Waals surface area contributed by atoms with Crippen LogP contribution in [0.25, 0.3) is 0 Å². The number of methoxy groups -OCH3 is 1. The van der Waals surface area contributed by atoms with Crippen LogP contribution in [0.2, 0.25) is 0 Å². The maximum absolute atomic E-state index is 12.1. The van der Waals surface area contributed by atoms with Crippen molar-refractivity contribution in [1.82, 2.24) is 15.1 Å². The number of carbonyl (C=O) groups excluding carboxylic acids is 4. The van der Waals surface area contributed by atoms with Crippen molar-refractivity contribution >= 4 is 23.8 Å². The first-order chi connectivity index (χ1) is 11.3. The Hall–Kier alpha value is -2.90. The predicted octanol–water partition coefficient (Wildman–Crippen LogP) is 0.511. The highest BCUT2D eigenvalue weighted by Crippen LogP contribution is 2.15. The number of nitrogens with zero attached hydrogens (tertiary/aromatic N) is 2. The Morgan fingerprint density at radius 1 is 1.21 bits per heavy atom. The number of amides is 5. The van der Waals surface area contributed by atoms with Crippen LogP contribution in [-0.2, 0) is 20.9 Å². The molecular formula is C16H19N3O5. The van der Waals surface area contributed by atoms with Gasteiger partial charge < -0.3 is 10.1 Å². The number of rotatable bonds is 6. The first-order valence-corrected chi connectivity index (χ1v) is 7.43. The van der Waals surface area contributed by atoms with Gasteiger partial charge in [0.15, 0.2) is 0 Å². The highest BCUT2D eigenvalue weighted by atomic mass is 16.5. The summed E-state index contributed by atoms with van der Waals surface area (Å²) in [5.74, 6) is -1.76. The fraction of sp³-hybridized carbons (Fsp3) is 0.375. The first kappa shape index (κ1) is 17.5. The maximum Gasteiger partial charge on any atom is 0.334 e. The first-order valence-electron chi connectivity index (χ1n) is 7.43. The van der Waals surface area contributed by atoms with E-state index < -0.39 is 36.3 Å². The van der Waals surface area contributed by atoms with Gasteiger partial charge in [0.1, 0.15) is 12.3 Å². The Balaban J connectivity index is 1.96. The van der Waals surface area contributed by atoms with Crippen LogP contribution in [-0.4, -0.2) is 53.2 Å². The van der Waals surface area contributed by atoms with Gasteiger partial charge in [-0.1, -0.05) is 12.1 Å². The second-order valence-electron chi connectivity index (χ2n) is 5.57. The Morgan fingerprint density at radius 3 is 2.50 bits per heavy atom. The molecule has 5 amide bonds. The van der Waals surface area contributed by atoms with Gasteiger partial charge in [0.05, 0.1) is 7.11 Å². The fourth-order valence-corrected chi connectivity index (χ4v) is 2.30. The summed E-state index contributed by atoms with van der Waals surface area (Å²) in [7, 11) is 1.54. The van der Waals surface area contributed by atoms with Crippen molar-refractivity contribution in [2.75, 3.05) is 13.7 Å². The molecule has 1 N–H and O–H groups in total. The van der Waals surface area contributed by atoms with Gasteiger partial charge in [-0.2, -0.15) is 0 Å². The van der Waals surface area contributed by atoms with Gasteiger partial charge in [-0.3, -0.25) is 19.3 Å². The van der Waals surface area contributed by atoms with Gasteiger partial charge in [0.2, 0.25) is 5.91 Å². The molecule has 1 fully saturated rings. The summed E-state index contributed by atoms with van der Waals surface area (Å²) in [4.78, 5) is 49.2. The summed E-state index contributed by atoms with van der Waals surface area (Å²) in [6, 6.07) is 5.91. The summed E-state index contributed by atoms with van der Waals surface area (Å²) >= 11 is 0. The van der Waals surface area contributed by atoms with Crippen molar-refractivity contribution in [1.29, 1.82) is 0 Å². The number of imide groups is 2. The monoisotopic (exact) mass is 333 g/mol. The van der Waals surface area contributed by atoms with Crippen LogP contribution in [0.3, 0.4) is 0 Å². The van der Waals surface area contributed by atoms with E-state index in [0.29, 0.717) is 10.6 Å². The van der Waals surface area contributed by atoms with Crippen LogP contribution >= 0.6 is 0 Å². The minimum absolute atomic E-state index is 0.216. The lowest BCUT2D eigenvalue weighted by molar-refractivity contribution is -0.144. The normalized spacial score (nSPS) is 14.6. The number of carbonyl (C=O) groups is 4. The average Bonchev–Trinajstić information content (AvgIpc) is 2.76. The van der Waals surface area contributed by atoms with E-state index in [1.165, 1.54) is 0 Å². The lowest BCUT2D eigenvalue weighted by Crippen LogP contribution is -2.42. The van der Waals surface area contributed by atoms with Gasteiger partial charge in [0.25, 0.3) is 0 Å². The molecule has 2 rings (SSSR count). The lowest BCUT2D eigenvalue weighted by atomic mass is 10.2. The topological polar surface area (TPSA) is 96.0 Å². The molecule has 1 saturated heterocycles. The zero-order chi connectivity index (χ0) is 17.9. The Labute approximate surface area is 139 Å². The van der Waals surface area contributed by atoms with E-state index in [1.807, 2.05) is 0 Å². The zero-order valence-electron chi connectivity index (χ0n) is 13.7. The van der Waals surface area contributed by atoms with Crippen LogP contribution in [0, 0.1) is 0 Å². The molecule has 1 aliphatic rings. The van der Waals surface area contributed by atoms with E-state index in [9.17, 15) is 19.2 Å². The molecule has 1 aromatic rings. The maximum atomic E-state index is 12.1. The largest absolute Gasteiger partial charge is 0.497 e. The molecule has 0 spiro atoms. The summed E-state index contributed by atoms with van der Waals surface area (Å²) in [6.45, 7) is 2.97. The van der Waals surface area contributed by atoms with Crippen LogP contribution in [0.1, 0.15) is 19.4 Å². The van der Waals surface area contributed by atoms with Crippen molar-refractivity contribution in [3.05, 3.63) is 29.8 Å². The van der Waals surface area contributed by atoms with E-state index in [-0.39, 0.29) is 6.54 Å². The van der Waals surface area contributed by atoms with Crippen molar-refractivity contribution in [2.24, 2.45) is 0 Å². The molecule has 24 heavy (non-hydrogen) atoms. The highest BCUT2D eigenvalue weighted by Gasteiger charge is 2.46. The molecule has 8 heteroatoms. The van der Waals surface area contributed by atoms with Crippen molar-refractivity contribution in [2.45, 2.75) is 26.4 Å². The predicted molar refractivity (Wildman–Crippen MR) is 83.9 cm³/mol. The van der Waals surface area contributed by atoms with Crippen molar-refractivity contribution < 1.29 is 23.9 Å². The van der Waals surface area contributed by atoms with Crippen LogP contribution in [0.5, 0.6) is 5.75 Å². The zero-order valence-corrected chi connectivity index (χ0v) is 13.7. The van der Waals surface area contributed by atoms with Crippen LogP contribution < -0.4 is 10.1 Å². The number of hydrogen-bond acceptors (Lipinski definition) is 5. The number of ether oxygens (including phenoxy) is 1. The number of hydrogen-bond donors (Lipinski definition) is 1. The average molecular weight is 333 g/mol. The number of nitrogens with one attached hydrogen (secondary N) is 1. The second kappa shape index (κ2) is 7.12. The van der Waals surface area contributed by atoms with E-state index in [0.717, 1.165) is 10.5 Å². The molecule has 0 aliphatic carbocycles. The van der Waals surface area contributed by atoms with Crippen molar-refractivity contribution in [3.8, 4) is 5.75 Å². The summed E-state index contributed by atoms with van der Waals surface area (Å²) in [5.41, 5.74) is 0.807. The van der Waals surface area contributed by atoms with Gasteiger partial charge in [-0.05, 0) is 31.5 Å². The van der Waals surface area contributed by atoms with Gasteiger partial charge in [0, 0.05) is 12.6 Å². The van der Waals surface area contributed by atoms with E-state index >= 15 is 0 Å². The molecule has 1 aromatic carbocycles. The van der Waals surface area contributed by atoms with Gasteiger partial charge in [-0.15, -0.1) is 0 Å². The summed E-state index contributed by atoms with van der Waals surface area (Å²) in [5, 5.41) is 2.61. The minimum Gasteiger partial charge on any atom is -0.497 e. The standard InChI is InChI=1S/C16H19N3O5/c1-10(2)19-15(22)14(21)18(16(19)23)9-13(20)17-8-11-5-4-6-12(7-11)24-3/h4-7,10H,8-9H2,1-3H3,(H,17,20). The number of urea groups is 1. The fourth-order valence-electron chi connectivity index (χ4n) is 2.30. The molecule has 0 atom stereocenters. The smallest absolute Gasteiger partial charge is 0.334 e. The molecule has 8 nitrogen and oxygen atoms in total. The van der Waals surface area contributed by atoms with Crippen LogP contribution in [0.4, 0.5) is 4.79 Å². The molecule has 128 valence electrons. The summed E-state index contributed by atoms with van der Waals surface area (Å²) in [6.07, 6.45) is 0. The molecule has 0 aromatic heterocycles. The number of benzene rings is 1. The lowest BCUT2D eigenvalue weighted by Gasteiger charge is -2.18. The molecule has 0 saturated carbocycles.